The van der Waals surface area contributed by atoms with Gasteiger partial charge < -0.3 is 5.32 Å². The molecule has 0 radical (unpaired) electrons. The highest BCUT2D eigenvalue weighted by molar-refractivity contribution is 7.99. The molecule has 72 valence electrons. The van der Waals surface area contributed by atoms with Crippen LogP contribution in [0.5, 0.6) is 0 Å². The lowest BCUT2D eigenvalue weighted by atomic mass is 10.3. The lowest BCUT2D eigenvalue weighted by Crippen LogP contribution is -2.25. The van der Waals surface area contributed by atoms with Crippen molar-refractivity contribution in [2.75, 3.05) is 18.1 Å². The molecule has 0 aliphatic heterocycles. The minimum Gasteiger partial charge on any atom is -0.355 e. The van der Waals surface area contributed by atoms with Crippen molar-refractivity contribution in [3.05, 3.63) is 0 Å². The molecule has 0 spiro atoms. The first-order valence-electron chi connectivity index (χ1n) is 4.65. The largest absolute Gasteiger partial charge is 0.355 e. The number of hydrogen-bond acceptors (Lipinski definition) is 2. The molecule has 0 aliphatic carbocycles. The molecule has 0 atom stereocenters. The Bertz CT molecular complexity index is 117. The van der Waals surface area contributed by atoms with E-state index in [-0.39, 0.29) is 5.91 Å². The van der Waals surface area contributed by atoms with Crippen LogP contribution in [0.1, 0.15) is 33.1 Å². The van der Waals surface area contributed by atoms with Crippen LogP contribution in [-0.2, 0) is 4.79 Å². The van der Waals surface area contributed by atoms with Gasteiger partial charge in [0.1, 0.15) is 0 Å². The van der Waals surface area contributed by atoms with Crippen molar-refractivity contribution in [2.45, 2.75) is 33.1 Å². The molecule has 12 heavy (non-hydrogen) atoms. The van der Waals surface area contributed by atoms with Crippen LogP contribution in [0.2, 0.25) is 0 Å². The Kier molecular flexibility index (Phi) is 8.78. The molecule has 2 nitrogen and oxygen atoms in total. The predicted molar refractivity (Wildman–Crippen MR) is 55.5 cm³/mol. The van der Waals surface area contributed by atoms with E-state index < -0.39 is 0 Å². The number of rotatable bonds is 7. The Morgan fingerprint density at radius 2 is 2.00 bits per heavy atom. The third kappa shape index (κ3) is 7.92. The monoisotopic (exact) mass is 189 g/mol. The first-order chi connectivity index (χ1) is 5.81. The van der Waals surface area contributed by atoms with Gasteiger partial charge in [-0.05, 0) is 18.6 Å². The number of thioether (sulfide) groups is 1. The van der Waals surface area contributed by atoms with Crippen LogP contribution in [-0.4, -0.2) is 24.0 Å². The van der Waals surface area contributed by atoms with Crippen molar-refractivity contribution in [1.82, 2.24) is 5.32 Å². The number of carbonyl (C=O) groups excluding carboxylic acids is 1. The van der Waals surface area contributed by atoms with Gasteiger partial charge in [-0.3, -0.25) is 4.79 Å². The molecular weight excluding hydrogens is 170 g/mol. The van der Waals surface area contributed by atoms with Crippen molar-refractivity contribution in [1.29, 1.82) is 0 Å². The fraction of sp³-hybridized carbons (Fsp3) is 0.889. The first kappa shape index (κ1) is 11.8. The van der Waals surface area contributed by atoms with Crippen LogP contribution in [0.4, 0.5) is 0 Å². The second-order valence-corrected chi connectivity index (χ2v) is 3.94. The van der Waals surface area contributed by atoms with Crippen LogP contribution < -0.4 is 5.32 Å². The zero-order valence-corrected chi connectivity index (χ0v) is 8.88. The highest BCUT2D eigenvalue weighted by atomic mass is 32.2. The van der Waals surface area contributed by atoms with Gasteiger partial charge in [-0.15, -0.1) is 0 Å². The normalized spacial score (nSPS) is 9.83. The third-order valence-corrected chi connectivity index (χ3v) is 2.58. The smallest absolute Gasteiger partial charge is 0.220 e. The number of nitrogens with one attached hydrogen (secondary N) is 1. The summed E-state index contributed by atoms with van der Waals surface area (Å²) in [5, 5.41) is 2.88. The Morgan fingerprint density at radius 1 is 1.25 bits per heavy atom. The van der Waals surface area contributed by atoms with E-state index >= 15 is 0 Å². The average Bonchev–Trinajstić information content (AvgIpc) is 2.05. The maximum absolute atomic E-state index is 11.0. The van der Waals surface area contributed by atoms with Crippen molar-refractivity contribution >= 4 is 17.7 Å². The van der Waals surface area contributed by atoms with Gasteiger partial charge in [-0.1, -0.05) is 13.8 Å². The second kappa shape index (κ2) is 8.91. The molecule has 0 aliphatic rings. The van der Waals surface area contributed by atoms with Crippen molar-refractivity contribution in [3.63, 3.8) is 0 Å². The number of amides is 1. The van der Waals surface area contributed by atoms with Crippen LogP contribution in [0, 0.1) is 0 Å². The molecule has 1 amide bonds. The first-order valence-corrected chi connectivity index (χ1v) is 5.81. The van der Waals surface area contributed by atoms with Crippen molar-refractivity contribution in [2.24, 2.45) is 0 Å². The molecule has 0 aromatic rings. The molecule has 0 saturated heterocycles. The van der Waals surface area contributed by atoms with Gasteiger partial charge in [0.05, 0.1) is 0 Å². The van der Waals surface area contributed by atoms with E-state index in [0.29, 0.717) is 6.42 Å². The second-order valence-electron chi connectivity index (χ2n) is 2.71. The molecule has 1 N–H and O–H groups in total. The van der Waals surface area contributed by atoms with Gasteiger partial charge in [-0.25, -0.2) is 0 Å². The predicted octanol–water partition coefficient (Wildman–Crippen LogP) is 2.05. The van der Waals surface area contributed by atoms with Gasteiger partial charge >= 0.3 is 0 Å². The van der Waals surface area contributed by atoms with Crippen LogP contribution in [0.3, 0.4) is 0 Å². The van der Waals surface area contributed by atoms with E-state index in [1.165, 1.54) is 12.2 Å². The Labute approximate surface area is 79.5 Å². The quantitative estimate of drug-likeness (QED) is 0.621. The number of hydrogen-bond donors (Lipinski definition) is 1. The standard InChI is InChI=1S/C9H19NOS/c1-3-5-9(11)10-6-8-12-7-4-2/h3-8H2,1-2H3,(H,10,11). The molecule has 0 saturated carbocycles. The maximum atomic E-state index is 11.0. The summed E-state index contributed by atoms with van der Waals surface area (Å²) in [6.07, 6.45) is 2.82. The summed E-state index contributed by atoms with van der Waals surface area (Å²) in [4.78, 5) is 11.0. The van der Waals surface area contributed by atoms with E-state index in [0.717, 1.165) is 18.7 Å². The molecule has 0 unspecified atom stereocenters. The summed E-state index contributed by atoms with van der Waals surface area (Å²) in [5.41, 5.74) is 0. The topological polar surface area (TPSA) is 29.1 Å². The zero-order valence-electron chi connectivity index (χ0n) is 8.06. The van der Waals surface area contributed by atoms with Crippen LogP contribution >= 0.6 is 11.8 Å². The molecule has 0 heterocycles. The van der Waals surface area contributed by atoms with E-state index in [4.69, 9.17) is 0 Å². The Morgan fingerprint density at radius 3 is 2.58 bits per heavy atom. The van der Waals surface area contributed by atoms with Crippen LogP contribution in [0.15, 0.2) is 0 Å². The fourth-order valence-corrected chi connectivity index (χ4v) is 1.56. The summed E-state index contributed by atoms with van der Waals surface area (Å²) >= 11 is 1.90. The fourth-order valence-electron chi connectivity index (χ4n) is 0.824. The van der Waals surface area contributed by atoms with E-state index in [1.54, 1.807) is 0 Å². The molecule has 3 heteroatoms. The van der Waals surface area contributed by atoms with Gasteiger partial charge in [0.2, 0.25) is 5.91 Å². The lowest BCUT2D eigenvalue weighted by Gasteiger charge is -2.02. The molecule has 0 fully saturated rings. The molecule has 0 aromatic carbocycles. The van der Waals surface area contributed by atoms with Crippen molar-refractivity contribution in [3.8, 4) is 0 Å². The van der Waals surface area contributed by atoms with E-state index in [2.05, 4.69) is 12.2 Å². The minimum atomic E-state index is 0.189. The Hall–Kier alpha value is -0.180. The summed E-state index contributed by atoms with van der Waals surface area (Å²) in [6.45, 7) is 5.01. The molecule has 0 aromatic heterocycles. The van der Waals surface area contributed by atoms with Crippen LogP contribution in [0.25, 0.3) is 0 Å². The lowest BCUT2D eigenvalue weighted by molar-refractivity contribution is -0.120. The van der Waals surface area contributed by atoms with Crippen molar-refractivity contribution < 1.29 is 4.79 Å². The summed E-state index contributed by atoms with van der Waals surface area (Å²) in [7, 11) is 0. The molecule has 0 bridgehead atoms. The summed E-state index contributed by atoms with van der Waals surface area (Å²) < 4.78 is 0. The van der Waals surface area contributed by atoms with E-state index in [1.807, 2.05) is 18.7 Å². The van der Waals surface area contributed by atoms with Gasteiger partial charge in [0.15, 0.2) is 0 Å². The zero-order chi connectivity index (χ0) is 9.23. The Balaban J connectivity index is 3.03. The van der Waals surface area contributed by atoms with Gasteiger partial charge in [0.25, 0.3) is 0 Å². The molecule has 0 rings (SSSR count). The minimum absolute atomic E-state index is 0.189. The SMILES string of the molecule is CCCSCCNC(=O)CCC. The van der Waals surface area contributed by atoms with Gasteiger partial charge in [-0.2, -0.15) is 11.8 Å². The number of carbonyl (C=O) groups is 1. The van der Waals surface area contributed by atoms with Gasteiger partial charge in [0, 0.05) is 18.7 Å². The molecular formula is C9H19NOS. The maximum Gasteiger partial charge on any atom is 0.220 e. The van der Waals surface area contributed by atoms with E-state index in [9.17, 15) is 4.79 Å². The highest BCUT2D eigenvalue weighted by Gasteiger charge is 1.96. The summed E-state index contributed by atoms with van der Waals surface area (Å²) in [6, 6.07) is 0. The third-order valence-electron chi connectivity index (χ3n) is 1.39. The highest BCUT2D eigenvalue weighted by Crippen LogP contribution is 1.99. The summed E-state index contributed by atoms with van der Waals surface area (Å²) in [5.74, 6) is 2.43. The average molecular weight is 189 g/mol.